The second kappa shape index (κ2) is 35.6. The van der Waals surface area contributed by atoms with Crippen molar-refractivity contribution in [2.75, 3.05) is 9.80 Å². The van der Waals surface area contributed by atoms with E-state index in [0.29, 0.717) is 0 Å². The number of fused-ring (bicyclic) bond motifs is 25. The molecule has 6 heteroatoms. The molecule has 0 spiro atoms. The third kappa shape index (κ3) is 14.6. The summed E-state index contributed by atoms with van der Waals surface area (Å²) in [5, 5.41) is 28.0. The highest BCUT2D eigenvalue weighted by Crippen LogP contribution is 2.52. The lowest BCUT2D eigenvalue weighted by Crippen LogP contribution is -2.10. The molecule has 26 aromatic carbocycles. The minimum absolute atomic E-state index is 1.10. The SMILES string of the molecule is c1ccc(-c2ccc(-c3ccc4c(c3)c3cc(-c5ccc(N(c6ccc(-c7ccc8c9ccccc9c9ccccc9c8c7)cc6)c6cccc7c6sc6ccccc67)cc5)ccc3n4-c3ccccc3)cc2)cc1.c1ccc(-n2c3ccc(-c4ccc(N(c5ccc(-c6ccc7c8ccccc8c8ccccc8c7c6)cc5)c5cccc6c5sc5ccccc56)cc4)cc3c3cc(-c4cccc5ccccc45)ccc32)cc1. The number of rotatable bonds is 15. The fraction of sp³-hybridized carbons (Fsp3) is 0. The molecule has 4 aromatic heterocycles. The average molecular weight is 1920 g/mol. The number of hydrogen-bond donors (Lipinski definition) is 0. The molecule has 4 nitrogen and oxygen atoms in total. The van der Waals surface area contributed by atoms with Gasteiger partial charge >= 0.3 is 0 Å². The molecule has 0 bridgehead atoms. The zero-order valence-corrected chi connectivity index (χ0v) is 82.2. The molecule has 30 aromatic rings. The quantitative estimate of drug-likeness (QED) is 0.0951. The van der Waals surface area contributed by atoms with Gasteiger partial charge in [-0.25, -0.2) is 0 Å². The third-order valence-corrected chi connectivity index (χ3v) is 33.0. The number of aromatic nitrogens is 2. The van der Waals surface area contributed by atoms with Gasteiger partial charge in [0.1, 0.15) is 0 Å². The van der Waals surface area contributed by atoms with Crippen molar-refractivity contribution < 1.29 is 0 Å². The van der Waals surface area contributed by atoms with Crippen molar-refractivity contribution in [2.45, 2.75) is 0 Å². The van der Waals surface area contributed by atoms with Gasteiger partial charge in [0.05, 0.1) is 42.8 Å². The first kappa shape index (κ1) is 85.9. The maximum Gasteiger partial charge on any atom is 0.0640 e. The second-order valence-corrected chi connectivity index (χ2v) is 40.9. The highest BCUT2D eigenvalue weighted by molar-refractivity contribution is 7.27. The van der Waals surface area contributed by atoms with Gasteiger partial charge in [0.25, 0.3) is 0 Å². The van der Waals surface area contributed by atoms with Gasteiger partial charge in [0.2, 0.25) is 0 Å². The standard InChI is InChI=1S/C72H46N2S.C70H44N2S/c1-3-14-47(15-4-1)48-26-28-49(29-27-48)53-35-42-68-66(45-53)67-46-54(36-43-69(67)74(68)55-16-5-2-6-17-55)51-32-39-57(40-33-51)73(70-24-13-23-64-63-22-11-12-25-71(63)75-72(64)70)56-37-30-50(31-38-56)52-34-41-62-60-20-8-7-18-58(60)59-19-9-10-21-61(59)65(62)44-52;1-2-16-51(17-3-1)72-66-40-33-49(43-64(66)65-44-50(34-41-67(65)72)55-24-12-15-47-14-4-5-18-54(47)55)46-30-37-53(38-31-46)71(68-26-13-25-62-61-23-10-11-27-69(61)73-70(62)68)52-35-28-45(29-36-52)48-32-39-60-58-21-7-6-19-56(58)57-20-8-9-22-59(57)63(60)42-48/h1-46H;1-44H. The lowest BCUT2D eigenvalue weighted by atomic mass is 9.92. The predicted molar refractivity (Wildman–Crippen MR) is 637 cm³/mol. The van der Waals surface area contributed by atoms with Gasteiger partial charge in [-0.3, -0.25) is 0 Å². The van der Waals surface area contributed by atoms with Crippen LogP contribution in [0.4, 0.5) is 34.1 Å². The largest absolute Gasteiger partial charge is 0.309 e. The van der Waals surface area contributed by atoms with E-state index in [1.54, 1.807) is 0 Å². The summed E-state index contributed by atoms with van der Waals surface area (Å²) >= 11 is 3.73. The van der Waals surface area contributed by atoms with Crippen LogP contribution in [0.2, 0.25) is 0 Å². The summed E-state index contributed by atoms with van der Waals surface area (Å²) in [6.45, 7) is 0. The van der Waals surface area contributed by atoms with E-state index in [0.717, 1.165) is 34.1 Å². The fourth-order valence-corrected chi connectivity index (χ4v) is 25.9. The van der Waals surface area contributed by atoms with E-state index in [-0.39, 0.29) is 0 Å². The van der Waals surface area contributed by atoms with Crippen LogP contribution in [0.3, 0.4) is 0 Å². The zero-order valence-electron chi connectivity index (χ0n) is 80.6. The Morgan fingerprint density at radius 1 is 0.142 bits per heavy atom. The summed E-state index contributed by atoms with van der Waals surface area (Å²) in [6, 6.07) is 201. The molecule has 690 valence electrons. The maximum absolute atomic E-state index is 2.44. The number of benzene rings is 26. The van der Waals surface area contributed by atoms with Crippen molar-refractivity contribution in [2.24, 2.45) is 0 Å². The molecule has 0 unspecified atom stereocenters. The lowest BCUT2D eigenvalue weighted by molar-refractivity contribution is 1.18. The highest BCUT2D eigenvalue weighted by atomic mass is 32.1. The summed E-state index contributed by atoms with van der Waals surface area (Å²) in [4.78, 5) is 4.88. The van der Waals surface area contributed by atoms with Crippen LogP contribution in [0.5, 0.6) is 0 Å². The summed E-state index contributed by atoms with van der Waals surface area (Å²) in [5.41, 5.74) is 30.6. The van der Waals surface area contributed by atoms with Crippen LogP contribution in [0.25, 0.3) is 249 Å². The van der Waals surface area contributed by atoms with Crippen LogP contribution in [0.15, 0.2) is 546 Å². The first-order valence-electron chi connectivity index (χ1n) is 50.8. The van der Waals surface area contributed by atoms with Gasteiger partial charge in [0, 0.05) is 86.6 Å². The number of para-hydroxylation sites is 2. The topological polar surface area (TPSA) is 16.3 Å². The first-order chi connectivity index (χ1) is 73.4. The van der Waals surface area contributed by atoms with Crippen molar-refractivity contribution in [1.29, 1.82) is 0 Å². The van der Waals surface area contributed by atoms with Gasteiger partial charge in [-0.1, -0.05) is 388 Å². The molecule has 4 heterocycles. The molecule has 0 fully saturated rings. The van der Waals surface area contributed by atoms with Crippen molar-refractivity contribution in [3.8, 4) is 89.3 Å². The van der Waals surface area contributed by atoms with Crippen molar-refractivity contribution in [3.63, 3.8) is 0 Å². The van der Waals surface area contributed by atoms with Crippen LogP contribution >= 0.6 is 22.7 Å². The molecule has 0 saturated heterocycles. The normalized spacial score (nSPS) is 11.8. The molecular formula is C142H90N4S2. The van der Waals surface area contributed by atoms with E-state index in [1.165, 1.54) is 249 Å². The van der Waals surface area contributed by atoms with E-state index < -0.39 is 0 Å². The highest BCUT2D eigenvalue weighted by Gasteiger charge is 2.26. The number of nitrogens with zero attached hydrogens (tertiary/aromatic N) is 4. The fourth-order valence-electron chi connectivity index (χ4n) is 23.5. The average Bonchev–Trinajstić information content (AvgIpc) is 1.31. The molecule has 0 radical (unpaired) electrons. The van der Waals surface area contributed by atoms with E-state index >= 15 is 0 Å². The van der Waals surface area contributed by atoms with Crippen LogP contribution in [0.1, 0.15) is 0 Å². The Kier molecular flexibility index (Phi) is 20.7. The van der Waals surface area contributed by atoms with Gasteiger partial charge < -0.3 is 18.9 Å². The molecule has 0 saturated carbocycles. The number of anilines is 6. The maximum atomic E-state index is 2.44. The predicted octanol–water partition coefficient (Wildman–Crippen LogP) is 41.0. The van der Waals surface area contributed by atoms with Crippen LogP contribution in [0, 0.1) is 0 Å². The Labute approximate surface area is 863 Å². The van der Waals surface area contributed by atoms with Crippen LogP contribution < -0.4 is 9.80 Å². The first-order valence-corrected chi connectivity index (χ1v) is 52.4. The monoisotopic (exact) mass is 1910 g/mol. The zero-order chi connectivity index (χ0) is 97.4. The van der Waals surface area contributed by atoms with Gasteiger partial charge in [-0.05, 0) is 311 Å². The summed E-state index contributed by atoms with van der Waals surface area (Å²) in [6.07, 6.45) is 0. The van der Waals surface area contributed by atoms with E-state index in [4.69, 9.17) is 0 Å². The molecule has 0 atom stereocenters. The van der Waals surface area contributed by atoms with E-state index in [9.17, 15) is 0 Å². The molecular weight excluding hydrogens is 1830 g/mol. The molecule has 148 heavy (non-hydrogen) atoms. The lowest BCUT2D eigenvalue weighted by Gasteiger charge is -2.26. The Balaban J connectivity index is 0.000000140. The molecule has 0 amide bonds. The Morgan fingerprint density at radius 2 is 0.378 bits per heavy atom. The van der Waals surface area contributed by atoms with E-state index in [1.807, 2.05) is 22.7 Å². The van der Waals surface area contributed by atoms with Crippen LogP contribution in [-0.4, -0.2) is 9.13 Å². The Hall–Kier alpha value is -18.8. The van der Waals surface area contributed by atoms with Gasteiger partial charge in [-0.2, -0.15) is 0 Å². The number of thiophene rings is 2. The van der Waals surface area contributed by atoms with Crippen molar-refractivity contribution >= 4 is 216 Å². The molecule has 0 aliphatic rings. The van der Waals surface area contributed by atoms with Crippen molar-refractivity contribution in [3.05, 3.63) is 546 Å². The minimum Gasteiger partial charge on any atom is -0.309 e. The molecule has 0 aliphatic carbocycles. The summed E-state index contributed by atoms with van der Waals surface area (Å²) < 4.78 is 9.94. The molecule has 0 N–H and O–H groups in total. The minimum atomic E-state index is 1.10. The van der Waals surface area contributed by atoms with Gasteiger partial charge in [0.15, 0.2) is 0 Å². The number of hydrogen-bond acceptors (Lipinski definition) is 4. The second-order valence-electron chi connectivity index (χ2n) is 38.8. The summed E-state index contributed by atoms with van der Waals surface area (Å²) in [7, 11) is 0. The Bertz CT molecular complexity index is 10500. The summed E-state index contributed by atoms with van der Waals surface area (Å²) in [5.74, 6) is 0. The van der Waals surface area contributed by atoms with Gasteiger partial charge in [-0.15, -0.1) is 22.7 Å². The Morgan fingerprint density at radius 3 is 0.743 bits per heavy atom. The smallest absolute Gasteiger partial charge is 0.0640 e. The molecule has 0 aliphatic heterocycles. The molecule has 30 rings (SSSR count). The van der Waals surface area contributed by atoms with Crippen LogP contribution in [-0.2, 0) is 0 Å². The third-order valence-electron chi connectivity index (χ3n) is 30.6. The van der Waals surface area contributed by atoms with E-state index in [2.05, 4.69) is 565 Å². The van der Waals surface area contributed by atoms with Crippen molar-refractivity contribution in [1.82, 2.24) is 9.13 Å².